The molecule has 2 heterocycles. The minimum Gasteiger partial charge on any atom is -0.391 e. The number of hydrogen-bond acceptors (Lipinski definition) is 3. The minimum atomic E-state index is -0.384. The summed E-state index contributed by atoms with van der Waals surface area (Å²) in [7, 11) is 0. The molecule has 3 atom stereocenters. The van der Waals surface area contributed by atoms with E-state index in [1.807, 2.05) is 22.6 Å². The van der Waals surface area contributed by atoms with Crippen molar-refractivity contribution in [1.29, 1.82) is 0 Å². The van der Waals surface area contributed by atoms with Crippen molar-refractivity contribution in [2.75, 3.05) is 13.1 Å². The Bertz CT molecular complexity index is 419. The summed E-state index contributed by atoms with van der Waals surface area (Å²) in [4.78, 5) is 18.3. The van der Waals surface area contributed by atoms with Gasteiger partial charge in [-0.05, 0) is 18.8 Å². The third kappa shape index (κ3) is 3.60. The van der Waals surface area contributed by atoms with Crippen LogP contribution in [-0.2, 0) is 4.79 Å². The number of amides is 1. The molecule has 0 saturated carbocycles. The first-order valence-electron chi connectivity index (χ1n) is 7.55. The molecule has 0 aliphatic carbocycles. The van der Waals surface area contributed by atoms with E-state index in [9.17, 15) is 9.90 Å². The molecule has 1 aliphatic heterocycles. The number of aromatic nitrogens is 2. The highest BCUT2D eigenvalue weighted by Crippen LogP contribution is 2.22. The molecule has 3 unspecified atom stereocenters. The van der Waals surface area contributed by atoms with E-state index in [1.165, 1.54) is 0 Å². The van der Waals surface area contributed by atoms with Crippen LogP contribution in [0.4, 0.5) is 0 Å². The number of carbonyl (C=O) groups excluding carboxylic acids is 1. The number of piperidine rings is 1. The summed E-state index contributed by atoms with van der Waals surface area (Å²) in [6.45, 7) is 5.40. The van der Waals surface area contributed by atoms with Crippen LogP contribution >= 0.6 is 0 Å². The zero-order valence-electron chi connectivity index (χ0n) is 12.4. The van der Waals surface area contributed by atoms with Gasteiger partial charge in [0.25, 0.3) is 0 Å². The number of likely N-dealkylation sites (tertiary alicyclic amines) is 1. The molecule has 1 amide bonds. The minimum absolute atomic E-state index is 0.142. The molecule has 0 radical (unpaired) electrons. The van der Waals surface area contributed by atoms with E-state index in [4.69, 9.17) is 0 Å². The van der Waals surface area contributed by atoms with Gasteiger partial charge in [0.2, 0.25) is 5.91 Å². The van der Waals surface area contributed by atoms with Crippen LogP contribution in [0, 0.1) is 5.92 Å². The van der Waals surface area contributed by atoms with Crippen molar-refractivity contribution in [2.45, 2.75) is 51.7 Å². The van der Waals surface area contributed by atoms with E-state index in [0.717, 1.165) is 25.8 Å². The second-order valence-corrected chi connectivity index (χ2v) is 5.83. The summed E-state index contributed by atoms with van der Waals surface area (Å²) in [5.41, 5.74) is 0. The van der Waals surface area contributed by atoms with Gasteiger partial charge in [-0.25, -0.2) is 4.98 Å². The van der Waals surface area contributed by atoms with Gasteiger partial charge in [-0.2, -0.15) is 0 Å². The molecule has 0 spiro atoms. The number of imidazole rings is 1. The average Bonchev–Trinajstić information content (AvgIpc) is 2.95. The third-order valence-electron chi connectivity index (χ3n) is 4.25. The Morgan fingerprint density at radius 2 is 2.35 bits per heavy atom. The molecule has 1 N–H and O–H groups in total. The summed E-state index contributed by atoms with van der Waals surface area (Å²) < 4.78 is 2.02. The first-order chi connectivity index (χ1) is 9.61. The van der Waals surface area contributed by atoms with Crippen LogP contribution < -0.4 is 0 Å². The molecule has 1 saturated heterocycles. The van der Waals surface area contributed by atoms with Gasteiger partial charge in [0, 0.05) is 37.9 Å². The molecular weight excluding hydrogens is 254 g/mol. The number of nitrogens with zero attached hydrogens (tertiary/aromatic N) is 3. The van der Waals surface area contributed by atoms with Crippen LogP contribution in [-0.4, -0.2) is 44.7 Å². The number of carbonyl (C=O) groups is 1. The van der Waals surface area contributed by atoms with Crippen LogP contribution in [0.5, 0.6) is 0 Å². The summed E-state index contributed by atoms with van der Waals surface area (Å²) in [5, 5.41) is 9.91. The Hall–Kier alpha value is -1.36. The van der Waals surface area contributed by atoms with Gasteiger partial charge >= 0.3 is 0 Å². The Balaban J connectivity index is 1.95. The third-order valence-corrected chi connectivity index (χ3v) is 4.25. The average molecular weight is 279 g/mol. The van der Waals surface area contributed by atoms with Gasteiger partial charge in [0.05, 0.1) is 12.4 Å². The van der Waals surface area contributed by atoms with Crippen molar-refractivity contribution >= 4 is 5.91 Å². The van der Waals surface area contributed by atoms with Gasteiger partial charge in [0.15, 0.2) is 0 Å². The van der Waals surface area contributed by atoms with Crippen molar-refractivity contribution in [1.82, 2.24) is 14.5 Å². The van der Waals surface area contributed by atoms with Gasteiger partial charge in [-0.1, -0.05) is 20.3 Å². The second-order valence-electron chi connectivity index (χ2n) is 5.83. The molecule has 1 aromatic rings. The molecule has 2 rings (SSSR count). The van der Waals surface area contributed by atoms with Crippen LogP contribution in [0.2, 0.25) is 0 Å². The number of aliphatic hydroxyl groups is 1. The zero-order chi connectivity index (χ0) is 14.5. The highest BCUT2D eigenvalue weighted by atomic mass is 16.3. The second kappa shape index (κ2) is 6.88. The highest BCUT2D eigenvalue weighted by Gasteiger charge is 2.28. The van der Waals surface area contributed by atoms with E-state index in [-0.39, 0.29) is 18.1 Å². The van der Waals surface area contributed by atoms with E-state index >= 15 is 0 Å². The van der Waals surface area contributed by atoms with Crippen LogP contribution in [0.15, 0.2) is 18.7 Å². The fourth-order valence-electron chi connectivity index (χ4n) is 2.78. The van der Waals surface area contributed by atoms with Gasteiger partial charge in [-0.3, -0.25) is 4.79 Å². The number of hydrogen-bond donors (Lipinski definition) is 1. The normalized spacial score (nSPS) is 24.6. The fraction of sp³-hybridized carbons (Fsp3) is 0.733. The molecule has 20 heavy (non-hydrogen) atoms. The zero-order valence-corrected chi connectivity index (χ0v) is 12.4. The topological polar surface area (TPSA) is 58.4 Å². The maximum absolute atomic E-state index is 12.4. The molecule has 1 aliphatic rings. The Labute approximate surface area is 120 Å². The maximum Gasteiger partial charge on any atom is 0.224 e. The van der Waals surface area contributed by atoms with Crippen LogP contribution in [0.25, 0.3) is 0 Å². The van der Waals surface area contributed by atoms with Crippen molar-refractivity contribution < 1.29 is 9.90 Å². The molecular formula is C15H25N3O2. The Morgan fingerprint density at radius 3 is 2.95 bits per heavy atom. The quantitative estimate of drug-likeness (QED) is 0.894. The van der Waals surface area contributed by atoms with Crippen molar-refractivity contribution in [2.24, 2.45) is 5.92 Å². The monoisotopic (exact) mass is 279 g/mol. The molecule has 0 aromatic carbocycles. The highest BCUT2D eigenvalue weighted by molar-refractivity contribution is 5.76. The molecule has 5 nitrogen and oxygen atoms in total. The number of rotatable bonds is 5. The van der Waals surface area contributed by atoms with Crippen LogP contribution in [0.3, 0.4) is 0 Å². The standard InChI is InChI=1S/C15H25N3O2/c1-3-4-13(18-8-6-16-11-18)9-15(20)17-7-5-12(2)14(19)10-17/h6,8,11-14,19H,3-5,7,9-10H2,1-2H3. The lowest BCUT2D eigenvalue weighted by Crippen LogP contribution is -2.46. The lowest BCUT2D eigenvalue weighted by atomic mass is 9.95. The molecule has 112 valence electrons. The number of aliphatic hydroxyl groups excluding tert-OH is 1. The van der Waals surface area contributed by atoms with Gasteiger partial charge in [-0.15, -0.1) is 0 Å². The summed E-state index contributed by atoms with van der Waals surface area (Å²) >= 11 is 0. The van der Waals surface area contributed by atoms with Gasteiger partial charge < -0.3 is 14.6 Å². The van der Waals surface area contributed by atoms with Crippen molar-refractivity contribution in [3.63, 3.8) is 0 Å². The lowest BCUT2D eigenvalue weighted by molar-refractivity contribution is -0.136. The van der Waals surface area contributed by atoms with E-state index in [2.05, 4.69) is 11.9 Å². The Kier molecular flexibility index (Phi) is 5.17. The fourth-order valence-corrected chi connectivity index (χ4v) is 2.78. The first-order valence-corrected chi connectivity index (χ1v) is 7.55. The molecule has 0 bridgehead atoms. The molecule has 1 fully saturated rings. The number of β-amino-alcohol motifs (C(OH)–C–C–N with tert-alkyl or cyclic N) is 1. The molecule has 1 aromatic heterocycles. The maximum atomic E-state index is 12.4. The predicted molar refractivity (Wildman–Crippen MR) is 77.2 cm³/mol. The smallest absolute Gasteiger partial charge is 0.224 e. The van der Waals surface area contributed by atoms with Gasteiger partial charge in [0.1, 0.15) is 0 Å². The molecule has 5 heteroatoms. The van der Waals surface area contributed by atoms with Crippen molar-refractivity contribution in [3.8, 4) is 0 Å². The lowest BCUT2D eigenvalue weighted by Gasteiger charge is -2.35. The summed E-state index contributed by atoms with van der Waals surface area (Å²) in [6, 6.07) is 0.173. The first kappa shape index (κ1) is 15.0. The summed E-state index contributed by atoms with van der Waals surface area (Å²) in [6.07, 6.45) is 8.44. The van der Waals surface area contributed by atoms with Crippen molar-refractivity contribution in [3.05, 3.63) is 18.7 Å². The SMILES string of the molecule is CCCC(CC(=O)N1CCC(C)C(O)C1)n1ccnc1. The van der Waals surface area contributed by atoms with E-state index in [0.29, 0.717) is 18.9 Å². The van der Waals surface area contributed by atoms with Crippen LogP contribution in [0.1, 0.15) is 45.6 Å². The van der Waals surface area contributed by atoms with E-state index < -0.39 is 0 Å². The van der Waals surface area contributed by atoms with E-state index in [1.54, 1.807) is 12.5 Å². The largest absolute Gasteiger partial charge is 0.391 e. The Morgan fingerprint density at radius 1 is 1.55 bits per heavy atom. The summed E-state index contributed by atoms with van der Waals surface area (Å²) in [5.74, 6) is 0.433. The predicted octanol–water partition coefficient (Wildman–Crippen LogP) is 1.84.